The molecule has 4 rings (SSSR count). The van der Waals surface area contributed by atoms with Gasteiger partial charge in [0, 0.05) is 56.7 Å². The molecule has 1 aromatic carbocycles. The first kappa shape index (κ1) is 24.4. The minimum absolute atomic E-state index is 0.0999. The molecule has 1 aliphatic rings. The van der Waals surface area contributed by atoms with Gasteiger partial charge in [0.15, 0.2) is 5.82 Å². The number of benzene rings is 1. The third kappa shape index (κ3) is 4.62. The van der Waals surface area contributed by atoms with Crippen LogP contribution in [0.5, 0.6) is 0 Å². The molecule has 0 unspecified atom stereocenters. The van der Waals surface area contributed by atoms with Crippen LogP contribution in [0, 0.1) is 18.6 Å². The van der Waals surface area contributed by atoms with Crippen molar-refractivity contribution in [1.82, 2.24) is 14.5 Å². The van der Waals surface area contributed by atoms with Crippen molar-refractivity contribution in [3.63, 3.8) is 0 Å². The van der Waals surface area contributed by atoms with Gasteiger partial charge in [0.05, 0.1) is 10.9 Å². The van der Waals surface area contributed by atoms with Crippen molar-refractivity contribution >= 4 is 34.3 Å². The molecule has 0 atom stereocenters. The maximum atomic E-state index is 15.7. The number of anilines is 3. The van der Waals surface area contributed by atoms with E-state index in [2.05, 4.69) is 15.3 Å². The predicted octanol–water partition coefficient (Wildman–Crippen LogP) is 3.24. The lowest BCUT2D eigenvalue weighted by Crippen LogP contribution is -2.47. The molecule has 3 aromatic rings. The Hall–Kier alpha value is -3.76. The average molecular weight is 487 g/mol. The summed E-state index contributed by atoms with van der Waals surface area (Å²) in [4.78, 5) is 36.6. The third-order valence-corrected chi connectivity index (χ3v) is 5.98. The van der Waals surface area contributed by atoms with Crippen LogP contribution in [0.2, 0.25) is 0 Å². The molecule has 1 fully saturated rings. The van der Waals surface area contributed by atoms with Gasteiger partial charge in [-0.15, -0.1) is 0 Å². The van der Waals surface area contributed by atoms with Gasteiger partial charge >= 0.3 is 5.97 Å². The van der Waals surface area contributed by atoms with E-state index in [0.717, 1.165) is 23.8 Å². The van der Waals surface area contributed by atoms with Crippen LogP contribution < -0.4 is 20.5 Å². The quantitative estimate of drug-likeness (QED) is 0.547. The number of aromatic nitrogens is 3. The Morgan fingerprint density at radius 1 is 1.14 bits per heavy atom. The van der Waals surface area contributed by atoms with Gasteiger partial charge in [0.1, 0.15) is 22.9 Å². The molecule has 3 heterocycles. The largest absolute Gasteiger partial charge is 0.477 e. The van der Waals surface area contributed by atoms with Crippen LogP contribution >= 0.6 is 0 Å². The van der Waals surface area contributed by atoms with E-state index >= 15 is 8.78 Å². The number of aromatic carboxylic acids is 1. The number of rotatable bonds is 6. The number of nitrogens with zero attached hydrogens (tertiary/aromatic N) is 5. The molecule has 35 heavy (non-hydrogen) atoms. The fourth-order valence-electron chi connectivity index (χ4n) is 4.36. The number of hydrogen-bond acceptors (Lipinski definition) is 7. The first-order valence-corrected chi connectivity index (χ1v) is 11.5. The SMILES string of the molecule is CCn1cc(C(=O)O)c(=O)c2cc(F)c(N3CCN(c4cc(C)nc(NC(C)C)n4)CC3)c(F)c21. The molecule has 2 aromatic heterocycles. The zero-order valence-electron chi connectivity index (χ0n) is 20.1. The second-order valence-corrected chi connectivity index (χ2v) is 8.84. The highest BCUT2D eigenvalue weighted by Crippen LogP contribution is 2.31. The van der Waals surface area contributed by atoms with Crippen LogP contribution in [-0.2, 0) is 6.54 Å². The molecule has 0 amide bonds. The van der Waals surface area contributed by atoms with Crippen molar-refractivity contribution in [3.05, 3.63) is 51.4 Å². The highest BCUT2D eigenvalue weighted by Gasteiger charge is 2.27. The van der Waals surface area contributed by atoms with Crippen LogP contribution in [0.15, 0.2) is 23.1 Å². The fourth-order valence-corrected chi connectivity index (χ4v) is 4.36. The van der Waals surface area contributed by atoms with Crippen molar-refractivity contribution < 1.29 is 18.7 Å². The number of pyridine rings is 1. The highest BCUT2D eigenvalue weighted by atomic mass is 19.1. The van der Waals surface area contributed by atoms with Crippen molar-refractivity contribution in [2.24, 2.45) is 0 Å². The monoisotopic (exact) mass is 486 g/mol. The van der Waals surface area contributed by atoms with Crippen LogP contribution in [0.25, 0.3) is 10.9 Å². The van der Waals surface area contributed by atoms with Gasteiger partial charge in [0.2, 0.25) is 11.4 Å². The summed E-state index contributed by atoms with van der Waals surface area (Å²) in [7, 11) is 0. The maximum Gasteiger partial charge on any atom is 0.341 e. The summed E-state index contributed by atoms with van der Waals surface area (Å²) in [5.74, 6) is -1.94. The zero-order chi connectivity index (χ0) is 25.4. The Bertz CT molecular complexity index is 1350. The second-order valence-electron chi connectivity index (χ2n) is 8.84. The minimum atomic E-state index is -1.44. The predicted molar refractivity (Wildman–Crippen MR) is 131 cm³/mol. The summed E-state index contributed by atoms with van der Waals surface area (Å²) < 4.78 is 32.2. The lowest BCUT2D eigenvalue weighted by atomic mass is 10.1. The number of carbonyl (C=O) groups is 1. The average Bonchev–Trinajstić information content (AvgIpc) is 2.79. The highest BCUT2D eigenvalue weighted by molar-refractivity contribution is 5.93. The molecule has 0 aliphatic carbocycles. The number of piperazine rings is 1. The summed E-state index contributed by atoms with van der Waals surface area (Å²) >= 11 is 0. The number of fused-ring (bicyclic) bond motifs is 1. The summed E-state index contributed by atoms with van der Waals surface area (Å²) in [6.07, 6.45) is 1.11. The lowest BCUT2D eigenvalue weighted by molar-refractivity contribution is 0.0694. The topological polar surface area (TPSA) is 104 Å². The van der Waals surface area contributed by atoms with E-state index in [1.807, 2.05) is 31.7 Å². The molecule has 0 radical (unpaired) electrons. The number of aryl methyl sites for hydroxylation is 2. The lowest BCUT2D eigenvalue weighted by Gasteiger charge is -2.37. The van der Waals surface area contributed by atoms with Gasteiger partial charge in [-0.25, -0.2) is 18.6 Å². The molecule has 0 bridgehead atoms. The van der Waals surface area contributed by atoms with E-state index < -0.39 is 28.6 Å². The normalized spacial score (nSPS) is 14.1. The summed E-state index contributed by atoms with van der Waals surface area (Å²) in [5, 5.41) is 12.2. The molecular formula is C24H28F2N6O3. The van der Waals surface area contributed by atoms with E-state index in [1.165, 1.54) is 4.57 Å². The summed E-state index contributed by atoms with van der Waals surface area (Å²) in [6, 6.07) is 2.99. The van der Waals surface area contributed by atoms with Crippen LogP contribution in [0.3, 0.4) is 0 Å². The molecule has 11 heteroatoms. The van der Waals surface area contributed by atoms with Crippen LogP contribution in [-0.4, -0.2) is 57.8 Å². The van der Waals surface area contributed by atoms with Gasteiger partial charge in [0.25, 0.3) is 0 Å². The van der Waals surface area contributed by atoms with Gasteiger partial charge in [-0.2, -0.15) is 4.98 Å². The standard InChI is InChI=1S/C24H28F2N6O3/c1-5-30-12-16(23(34)35)22(33)15-11-17(25)21(19(26)20(15)30)32-8-6-31(7-9-32)18-10-14(4)28-24(29-18)27-13(2)3/h10-13H,5-9H2,1-4H3,(H,34,35)(H,27,28,29). The first-order valence-electron chi connectivity index (χ1n) is 11.5. The number of carboxylic acids is 1. The number of carboxylic acid groups (broad SMARTS) is 1. The number of halogens is 2. The summed E-state index contributed by atoms with van der Waals surface area (Å²) in [6.45, 7) is 9.41. The zero-order valence-corrected chi connectivity index (χ0v) is 20.1. The van der Waals surface area contributed by atoms with Crippen molar-refractivity contribution in [1.29, 1.82) is 0 Å². The van der Waals surface area contributed by atoms with Gasteiger partial charge in [-0.3, -0.25) is 4.79 Å². The van der Waals surface area contributed by atoms with E-state index in [1.54, 1.807) is 11.8 Å². The number of nitrogens with one attached hydrogen (secondary N) is 1. The Labute approximate surface area is 201 Å². The molecule has 2 N–H and O–H groups in total. The van der Waals surface area contributed by atoms with Crippen LogP contribution in [0.1, 0.15) is 36.8 Å². The van der Waals surface area contributed by atoms with Crippen molar-refractivity contribution in [2.75, 3.05) is 41.3 Å². The Balaban J connectivity index is 1.66. The van der Waals surface area contributed by atoms with E-state index in [4.69, 9.17) is 0 Å². The van der Waals surface area contributed by atoms with Crippen LogP contribution in [0.4, 0.5) is 26.2 Å². The maximum absolute atomic E-state index is 15.7. The molecule has 9 nitrogen and oxygen atoms in total. The number of hydrogen-bond donors (Lipinski definition) is 2. The first-order chi connectivity index (χ1) is 16.6. The van der Waals surface area contributed by atoms with Crippen molar-refractivity contribution in [3.8, 4) is 0 Å². The van der Waals surface area contributed by atoms with E-state index in [9.17, 15) is 14.7 Å². The molecule has 0 saturated carbocycles. The second kappa shape index (κ2) is 9.47. The van der Waals surface area contributed by atoms with E-state index in [0.29, 0.717) is 32.1 Å². The Morgan fingerprint density at radius 2 is 1.80 bits per heavy atom. The van der Waals surface area contributed by atoms with Gasteiger partial charge in [-0.1, -0.05) is 0 Å². The molecule has 1 saturated heterocycles. The third-order valence-electron chi connectivity index (χ3n) is 5.98. The molecule has 0 spiro atoms. The van der Waals surface area contributed by atoms with Gasteiger partial charge in [-0.05, 0) is 33.8 Å². The molecular weight excluding hydrogens is 458 g/mol. The van der Waals surface area contributed by atoms with E-state index in [-0.39, 0.29) is 29.2 Å². The Kier molecular flexibility index (Phi) is 6.60. The summed E-state index contributed by atoms with van der Waals surface area (Å²) in [5.41, 5.74) is -0.937. The molecule has 186 valence electrons. The Morgan fingerprint density at radius 3 is 2.40 bits per heavy atom. The molecule has 1 aliphatic heterocycles. The smallest absolute Gasteiger partial charge is 0.341 e. The minimum Gasteiger partial charge on any atom is -0.477 e. The van der Waals surface area contributed by atoms with Crippen molar-refractivity contribution in [2.45, 2.75) is 40.3 Å². The fraction of sp³-hybridized carbons (Fsp3) is 0.417. The van der Waals surface area contributed by atoms with Gasteiger partial charge < -0.3 is 24.8 Å².